The minimum atomic E-state index is -3.57. The van der Waals surface area contributed by atoms with Crippen LogP contribution >= 0.6 is 23.2 Å². The van der Waals surface area contributed by atoms with Crippen LogP contribution in [0.15, 0.2) is 36.4 Å². The van der Waals surface area contributed by atoms with E-state index in [1.165, 1.54) is 17.0 Å². The average Bonchev–Trinajstić information content (AvgIpc) is 2.87. The van der Waals surface area contributed by atoms with E-state index in [0.717, 1.165) is 36.8 Å². The minimum absolute atomic E-state index is 0.0616. The molecule has 7 nitrogen and oxygen atoms in total. The van der Waals surface area contributed by atoms with Crippen molar-refractivity contribution in [2.24, 2.45) is 0 Å². The molecule has 2 aromatic rings. The highest BCUT2D eigenvalue weighted by Crippen LogP contribution is 2.28. The van der Waals surface area contributed by atoms with Crippen LogP contribution in [0.3, 0.4) is 0 Å². The number of hydrogen-bond donors (Lipinski definition) is 1. The van der Waals surface area contributed by atoms with Gasteiger partial charge >= 0.3 is 0 Å². The Bertz CT molecular complexity index is 1260. The van der Waals surface area contributed by atoms with Crippen LogP contribution in [0.4, 0.5) is 5.69 Å². The summed E-state index contributed by atoms with van der Waals surface area (Å²) in [5.74, 6) is -0.436. The molecule has 2 amide bonds. The van der Waals surface area contributed by atoms with Gasteiger partial charge in [-0.25, -0.2) is 8.42 Å². The van der Waals surface area contributed by atoms with Crippen LogP contribution in [0.5, 0.6) is 0 Å². The van der Waals surface area contributed by atoms with Crippen LogP contribution in [0.1, 0.15) is 75.0 Å². The van der Waals surface area contributed by atoms with Crippen molar-refractivity contribution in [3.63, 3.8) is 0 Å². The molecule has 2 aromatic carbocycles. The third-order valence-electron chi connectivity index (χ3n) is 7.37. The number of sulfonamides is 1. The highest BCUT2D eigenvalue weighted by Gasteiger charge is 2.31. The molecule has 0 spiro atoms. The summed E-state index contributed by atoms with van der Waals surface area (Å²) in [5.41, 5.74) is 3.07. The zero-order valence-electron chi connectivity index (χ0n) is 23.9. The van der Waals surface area contributed by atoms with Gasteiger partial charge < -0.3 is 10.2 Å². The summed E-state index contributed by atoms with van der Waals surface area (Å²) in [6.07, 6.45) is 7.14. The van der Waals surface area contributed by atoms with Crippen LogP contribution in [0.2, 0.25) is 10.0 Å². The summed E-state index contributed by atoms with van der Waals surface area (Å²) < 4.78 is 26.7. The summed E-state index contributed by atoms with van der Waals surface area (Å²) in [5, 5.41) is 4.00. The Morgan fingerprint density at radius 1 is 1.02 bits per heavy atom. The molecular weight excluding hydrogens is 569 g/mol. The fraction of sp³-hybridized carbons (Fsp3) is 0.533. The molecule has 0 aromatic heterocycles. The van der Waals surface area contributed by atoms with Gasteiger partial charge in [-0.15, -0.1) is 0 Å². The summed E-state index contributed by atoms with van der Waals surface area (Å²) in [6, 6.07) is 10.2. The van der Waals surface area contributed by atoms with Crippen molar-refractivity contribution in [1.29, 1.82) is 0 Å². The van der Waals surface area contributed by atoms with Crippen molar-refractivity contribution in [1.82, 2.24) is 10.2 Å². The number of benzene rings is 2. The normalized spacial score (nSPS) is 14.9. The Morgan fingerprint density at radius 2 is 1.62 bits per heavy atom. The van der Waals surface area contributed by atoms with E-state index in [4.69, 9.17) is 23.2 Å². The van der Waals surface area contributed by atoms with Crippen molar-refractivity contribution in [2.75, 3.05) is 17.1 Å². The molecular formula is C30H41Cl2N3O4S. The molecule has 3 rings (SSSR count). The van der Waals surface area contributed by atoms with Gasteiger partial charge in [0.2, 0.25) is 21.8 Å². The lowest BCUT2D eigenvalue weighted by Gasteiger charge is -2.33. The van der Waals surface area contributed by atoms with Crippen molar-refractivity contribution in [3.05, 3.63) is 63.1 Å². The lowest BCUT2D eigenvalue weighted by atomic mass is 9.95. The summed E-state index contributed by atoms with van der Waals surface area (Å²) in [7, 11) is -3.57. The Morgan fingerprint density at radius 3 is 2.17 bits per heavy atom. The van der Waals surface area contributed by atoms with Crippen molar-refractivity contribution in [2.45, 2.75) is 90.8 Å². The Hall–Kier alpha value is -2.29. The molecule has 1 aliphatic rings. The second-order valence-corrected chi connectivity index (χ2v) is 13.5. The first kappa shape index (κ1) is 32.2. The molecule has 1 aliphatic carbocycles. The number of carbonyl (C=O) groups excluding carboxylic acids is 2. The smallest absolute Gasteiger partial charge is 0.243 e. The van der Waals surface area contributed by atoms with Gasteiger partial charge in [-0.1, -0.05) is 61.5 Å². The first-order chi connectivity index (χ1) is 18.9. The quantitative estimate of drug-likeness (QED) is 0.301. The first-order valence-electron chi connectivity index (χ1n) is 14.0. The van der Waals surface area contributed by atoms with Crippen LogP contribution in [0.25, 0.3) is 0 Å². The van der Waals surface area contributed by atoms with Gasteiger partial charge in [0.1, 0.15) is 6.04 Å². The zero-order valence-corrected chi connectivity index (χ0v) is 26.2. The number of nitrogens with one attached hydrogen (secondary N) is 1. The molecule has 0 unspecified atom stereocenters. The standard InChI is InChI=1S/C30H41Cl2N3O4S/c1-5-28(30(37)33-23-11-7-6-8-12-23)34(20-25-26(31)13-9-14-27(25)32)29(36)15-10-16-35(40(4,38)39)24-18-21(2)17-22(3)19-24/h9,13-14,17-19,23,28H,5-8,10-12,15-16,20H2,1-4H3,(H,33,37)/t28-/m0/s1. The molecule has 1 saturated carbocycles. The Labute approximate surface area is 249 Å². The number of halogens is 2. The van der Waals surface area contributed by atoms with Crippen LogP contribution in [-0.4, -0.2) is 50.0 Å². The number of amides is 2. The van der Waals surface area contributed by atoms with E-state index in [1.54, 1.807) is 23.1 Å². The molecule has 40 heavy (non-hydrogen) atoms. The van der Waals surface area contributed by atoms with E-state index in [-0.39, 0.29) is 43.8 Å². The zero-order chi connectivity index (χ0) is 29.4. The number of nitrogens with zero attached hydrogens (tertiary/aromatic N) is 2. The summed E-state index contributed by atoms with van der Waals surface area (Å²) in [4.78, 5) is 28.7. The van der Waals surface area contributed by atoms with Crippen molar-refractivity contribution >= 4 is 50.7 Å². The number of carbonyl (C=O) groups is 2. The highest BCUT2D eigenvalue weighted by molar-refractivity contribution is 7.92. The highest BCUT2D eigenvalue weighted by atomic mass is 35.5. The topological polar surface area (TPSA) is 86.8 Å². The summed E-state index contributed by atoms with van der Waals surface area (Å²) >= 11 is 12.9. The molecule has 10 heteroatoms. The van der Waals surface area contributed by atoms with Gasteiger partial charge in [0.15, 0.2) is 0 Å². The maximum atomic E-state index is 13.7. The fourth-order valence-corrected chi connectivity index (χ4v) is 6.88. The number of rotatable bonds is 12. The van der Waals surface area contributed by atoms with Gasteiger partial charge in [-0.2, -0.15) is 0 Å². The Kier molecular flexibility index (Phi) is 11.7. The molecule has 0 radical (unpaired) electrons. The number of aryl methyl sites for hydroxylation is 2. The van der Waals surface area contributed by atoms with E-state index in [9.17, 15) is 18.0 Å². The van der Waals surface area contributed by atoms with Gasteiger partial charge in [0.25, 0.3) is 0 Å². The van der Waals surface area contributed by atoms with E-state index in [2.05, 4.69) is 5.32 Å². The largest absolute Gasteiger partial charge is 0.352 e. The average molecular weight is 611 g/mol. The third kappa shape index (κ3) is 8.85. The lowest BCUT2D eigenvalue weighted by molar-refractivity contribution is -0.141. The SMILES string of the molecule is CC[C@@H](C(=O)NC1CCCCC1)N(Cc1c(Cl)cccc1Cl)C(=O)CCCN(c1cc(C)cc(C)c1)S(C)(=O)=O. The van der Waals surface area contributed by atoms with Crippen molar-refractivity contribution in [3.8, 4) is 0 Å². The first-order valence-corrected chi connectivity index (χ1v) is 16.6. The maximum absolute atomic E-state index is 13.7. The second kappa shape index (κ2) is 14.6. The third-order valence-corrected chi connectivity index (χ3v) is 9.28. The predicted molar refractivity (Wildman–Crippen MR) is 163 cm³/mol. The maximum Gasteiger partial charge on any atom is 0.243 e. The lowest BCUT2D eigenvalue weighted by Crippen LogP contribution is -2.51. The Balaban J connectivity index is 1.81. The van der Waals surface area contributed by atoms with E-state index in [0.29, 0.717) is 27.7 Å². The van der Waals surface area contributed by atoms with Crippen molar-refractivity contribution < 1.29 is 18.0 Å². The molecule has 1 N–H and O–H groups in total. The molecule has 0 bridgehead atoms. The van der Waals surface area contributed by atoms with Crippen LogP contribution in [-0.2, 0) is 26.2 Å². The number of anilines is 1. The van der Waals surface area contributed by atoms with E-state index >= 15 is 0 Å². The van der Waals surface area contributed by atoms with Gasteiger partial charge in [0, 0.05) is 41.2 Å². The second-order valence-electron chi connectivity index (χ2n) is 10.8. The molecule has 1 atom stereocenters. The minimum Gasteiger partial charge on any atom is -0.352 e. The van der Waals surface area contributed by atoms with Crippen LogP contribution < -0.4 is 9.62 Å². The van der Waals surface area contributed by atoms with Gasteiger partial charge in [-0.3, -0.25) is 13.9 Å². The molecule has 0 aliphatic heterocycles. The van der Waals surface area contributed by atoms with E-state index < -0.39 is 16.1 Å². The van der Waals surface area contributed by atoms with Gasteiger partial charge in [0.05, 0.1) is 11.9 Å². The fourth-order valence-electron chi connectivity index (χ4n) is 5.42. The molecule has 0 saturated heterocycles. The monoisotopic (exact) mass is 609 g/mol. The molecule has 1 fully saturated rings. The van der Waals surface area contributed by atoms with Gasteiger partial charge in [-0.05, 0) is 74.9 Å². The number of hydrogen-bond acceptors (Lipinski definition) is 4. The molecule has 0 heterocycles. The molecule has 220 valence electrons. The predicted octanol–water partition coefficient (Wildman–Crippen LogP) is 6.41. The van der Waals surface area contributed by atoms with Crippen LogP contribution in [0, 0.1) is 13.8 Å². The summed E-state index contributed by atoms with van der Waals surface area (Å²) in [6.45, 7) is 5.94. The van der Waals surface area contributed by atoms with E-state index in [1.807, 2.05) is 39.0 Å².